The Kier molecular flexibility index (Phi) is 5.04. The molecule has 1 spiro atoms. The van der Waals surface area contributed by atoms with Crippen molar-refractivity contribution in [1.29, 1.82) is 0 Å². The fourth-order valence-electron chi connectivity index (χ4n) is 5.38. The maximum atomic E-state index is 12.2. The van der Waals surface area contributed by atoms with Gasteiger partial charge in [0.05, 0.1) is 5.54 Å². The number of urea groups is 1. The summed E-state index contributed by atoms with van der Waals surface area (Å²) in [5, 5.41) is 7.46. The average Bonchev–Trinajstić information content (AvgIpc) is 3.24. The Morgan fingerprint density at radius 3 is 2.69 bits per heavy atom. The van der Waals surface area contributed by atoms with Crippen LogP contribution in [0, 0.1) is 0 Å². The molecule has 6 nitrogen and oxygen atoms in total. The summed E-state index contributed by atoms with van der Waals surface area (Å²) >= 11 is 1.60. The molecule has 2 fully saturated rings. The van der Waals surface area contributed by atoms with E-state index in [4.69, 9.17) is 4.98 Å². The second kappa shape index (κ2) is 7.69. The number of nitrogens with zero attached hydrogens (tertiary/aromatic N) is 3. The first-order valence-electron chi connectivity index (χ1n) is 10.9. The van der Waals surface area contributed by atoms with Gasteiger partial charge < -0.3 is 15.5 Å². The first kappa shape index (κ1) is 19.0. The van der Waals surface area contributed by atoms with E-state index in [2.05, 4.69) is 39.0 Å². The quantitative estimate of drug-likeness (QED) is 0.777. The van der Waals surface area contributed by atoms with Crippen LogP contribution in [-0.4, -0.2) is 39.4 Å². The second-order valence-corrected chi connectivity index (χ2v) is 9.43. The second-order valence-electron chi connectivity index (χ2n) is 8.65. The minimum absolute atomic E-state index is 0. The number of anilines is 1. The van der Waals surface area contributed by atoms with Crippen LogP contribution in [0.1, 0.15) is 69.2 Å². The van der Waals surface area contributed by atoms with E-state index in [1.54, 1.807) is 11.5 Å². The minimum Gasteiger partial charge on any atom is -0.328 e. The molecule has 0 bridgehead atoms. The SMILES string of the molecule is CCc1nsc(C2CCC(N3CCC4(CC3)NC(=O)Nc3ccccc34)CC2)n1.[HH]. The highest BCUT2D eigenvalue weighted by Crippen LogP contribution is 2.42. The van der Waals surface area contributed by atoms with Gasteiger partial charge >= 0.3 is 6.03 Å². The van der Waals surface area contributed by atoms with Gasteiger partial charge in [0.1, 0.15) is 10.8 Å². The molecule has 2 aromatic rings. The van der Waals surface area contributed by atoms with Crippen LogP contribution in [0.5, 0.6) is 0 Å². The van der Waals surface area contributed by atoms with Crippen LogP contribution in [0.3, 0.4) is 0 Å². The van der Waals surface area contributed by atoms with Gasteiger partial charge in [-0.15, -0.1) is 0 Å². The molecule has 5 rings (SSSR count). The van der Waals surface area contributed by atoms with Gasteiger partial charge in [-0.2, -0.15) is 4.37 Å². The highest BCUT2D eigenvalue weighted by atomic mass is 32.1. The topological polar surface area (TPSA) is 70.2 Å². The first-order valence-corrected chi connectivity index (χ1v) is 11.7. The zero-order valence-corrected chi connectivity index (χ0v) is 17.8. The molecule has 1 saturated carbocycles. The molecule has 2 N–H and O–H groups in total. The number of hydrogen-bond donors (Lipinski definition) is 2. The number of carbonyl (C=O) groups is 1. The fraction of sp³-hybridized carbons (Fsp3) is 0.591. The third kappa shape index (κ3) is 3.55. The van der Waals surface area contributed by atoms with Crippen LogP contribution >= 0.6 is 11.5 Å². The number of rotatable bonds is 3. The number of piperidine rings is 1. The lowest BCUT2D eigenvalue weighted by Crippen LogP contribution is -2.58. The van der Waals surface area contributed by atoms with Gasteiger partial charge in [-0.05, 0) is 56.1 Å². The van der Waals surface area contributed by atoms with E-state index in [0.717, 1.165) is 43.9 Å². The molecule has 7 heteroatoms. The minimum atomic E-state index is -0.213. The Bertz CT molecular complexity index is 887. The number of benzene rings is 1. The van der Waals surface area contributed by atoms with Gasteiger partial charge in [0.15, 0.2) is 0 Å². The summed E-state index contributed by atoms with van der Waals surface area (Å²) in [5.41, 5.74) is 2.00. The van der Waals surface area contributed by atoms with Gasteiger partial charge in [0, 0.05) is 44.1 Å². The third-order valence-corrected chi connectivity index (χ3v) is 7.97. The summed E-state index contributed by atoms with van der Waals surface area (Å²) in [4.78, 5) is 19.6. The van der Waals surface area contributed by atoms with E-state index in [1.165, 1.54) is 36.3 Å². The van der Waals surface area contributed by atoms with Crippen molar-refractivity contribution in [3.05, 3.63) is 40.7 Å². The monoisotopic (exact) mass is 413 g/mol. The third-order valence-electron chi connectivity index (χ3n) is 7.06. The molecule has 2 aliphatic heterocycles. The molecule has 156 valence electrons. The van der Waals surface area contributed by atoms with Crippen LogP contribution in [0.4, 0.5) is 10.5 Å². The van der Waals surface area contributed by atoms with Gasteiger partial charge in [0.25, 0.3) is 0 Å². The average molecular weight is 414 g/mol. The van der Waals surface area contributed by atoms with Crippen LogP contribution in [0.25, 0.3) is 0 Å². The lowest BCUT2D eigenvalue weighted by Gasteiger charge is -2.48. The van der Waals surface area contributed by atoms with E-state index in [9.17, 15) is 4.79 Å². The number of para-hydroxylation sites is 1. The Balaban J connectivity index is 0.00000218. The highest BCUT2D eigenvalue weighted by molar-refractivity contribution is 7.05. The fourth-order valence-corrected chi connectivity index (χ4v) is 6.28. The number of hydrogen-bond acceptors (Lipinski definition) is 5. The number of aromatic nitrogens is 2. The molecule has 1 saturated heterocycles. The van der Waals surface area contributed by atoms with Crippen molar-refractivity contribution in [2.24, 2.45) is 0 Å². The van der Waals surface area contributed by atoms with Crippen molar-refractivity contribution in [3.8, 4) is 0 Å². The Morgan fingerprint density at radius 2 is 1.97 bits per heavy atom. The Morgan fingerprint density at radius 1 is 1.21 bits per heavy atom. The molecule has 0 radical (unpaired) electrons. The lowest BCUT2D eigenvalue weighted by molar-refractivity contribution is 0.0795. The summed E-state index contributed by atoms with van der Waals surface area (Å²) in [6, 6.07) is 8.84. The molecule has 3 heterocycles. The van der Waals surface area contributed by atoms with Gasteiger partial charge in [-0.1, -0.05) is 25.1 Å². The smallest absolute Gasteiger partial charge is 0.319 e. The van der Waals surface area contributed by atoms with Crippen molar-refractivity contribution < 1.29 is 6.22 Å². The van der Waals surface area contributed by atoms with E-state index >= 15 is 0 Å². The maximum Gasteiger partial charge on any atom is 0.319 e. The zero-order chi connectivity index (χ0) is 19.8. The summed E-state index contributed by atoms with van der Waals surface area (Å²) in [5.74, 6) is 1.59. The predicted octanol–water partition coefficient (Wildman–Crippen LogP) is 4.50. The molecule has 2 amide bonds. The summed E-state index contributed by atoms with van der Waals surface area (Å²) in [6.45, 7) is 4.21. The summed E-state index contributed by atoms with van der Waals surface area (Å²) in [7, 11) is 0. The number of nitrogens with one attached hydrogen (secondary N) is 2. The molecule has 1 aliphatic carbocycles. The Labute approximate surface area is 177 Å². The summed E-state index contributed by atoms with van der Waals surface area (Å²) < 4.78 is 4.47. The molecular formula is C22H31N5OS. The molecule has 0 unspecified atom stereocenters. The van der Waals surface area contributed by atoms with Gasteiger partial charge in [0.2, 0.25) is 0 Å². The molecule has 1 aromatic heterocycles. The van der Waals surface area contributed by atoms with E-state index in [0.29, 0.717) is 12.0 Å². The number of aryl methyl sites for hydroxylation is 1. The van der Waals surface area contributed by atoms with Crippen molar-refractivity contribution in [1.82, 2.24) is 19.6 Å². The van der Waals surface area contributed by atoms with Crippen molar-refractivity contribution in [3.63, 3.8) is 0 Å². The maximum absolute atomic E-state index is 12.2. The van der Waals surface area contributed by atoms with Crippen molar-refractivity contribution in [2.75, 3.05) is 18.4 Å². The first-order chi connectivity index (χ1) is 14.2. The van der Waals surface area contributed by atoms with Gasteiger partial charge in [-0.25, -0.2) is 9.78 Å². The lowest BCUT2D eigenvalue weighted by atomic mass is 9.77. The largest absolute Gasteiger partial charge is 0.328 e. The summed E-state index contributed by atoms with van der Waals surface area (Å²) in [6.07, 6.45) is 7.80. The number of likely N-dealkylation sites (tertiary alicyclic amines) is 1. The molecular weight excluding hydrogens is 382 g/mol. The Hall–Kier alpha value is -1.99. The molecule has 1 aromatic carbocycles. The van der Waals surface area contributed by atoms with Gasteiger partial charge in [-0.3, -0.25) is 0 Å². The van der Waals surface area contributed by atoms with Crippen LogP contribution < -0.4 is 10.6 Å². The molecule has 29 heavy (non-hydrogen) atoms. The van der Waals surface area contributed by atoms with Crippen molar-refractivity contribution in [2.45, 2.75) is 69.4 Å². The molecule has 0 atom stereocenters. The number of carbonyl (C=O) groups excluding carboxylic acids is 1. The normalized spacial score (nSPS) is 26.6. The predicted molar refractivity (Wildman–Crippen MR) is 117 cm³/mol. The van der Waals surface area contributed by atoms with Crippen LogP contribution in [0.15, 0.2) is 24.3 Å². The van der Waals surface area contributed by atoms with Crippen LogP contribution in [-0.2, 0) is 12.0 Å². The number of fused-ring (bicyclic) bond motifs is 2. The zero-order valence-electron chi connectivity index (χ0n) is 17.0. The number of amides is 2. The standard InChI is InChI=1S/C22H29N5OS.H2/c1-2-19-24-20(29-26-19)15-7-9-16(10-8-15)27-13-11-22(12-14-27)17-5-3-4-6-18(17)23-21(28)25-22;/h3-6,15-16H,2,7-14H2,1H3,(H2,23,25,28);1H. The van der Waals surface area contributed by atoms with Crippen LogP contribution in [0.2, 0.25) is 0 Å². The van der Waals surface area contributed by atoms with Crippen molar-refractivity contribution >= 4 is 23.3 Å². The van der Waals surface area contributed by atoms with E-state index in [-0.39, 0.29) is 13.0 Å². The van der Waals surface area contributed by atoms with E-state index in [1.807, 2.05) is 12.1 Å². The molecule has 3 aliphatic rings. The van der Waals surface area contributed by atoms with E-state index < -0.39 is 0 Å². The highest BCUT2D eigenvalue weighted by Gasteiger charge is 2.43.